The van der Waals surface area contributed by atoms with E-state index in [9.17, 15) is 4.48 Å². The van der Waals surface area contributed by atoms with Crippen molar-refractivity contribution in [3.8, 4) is 0 Å². The molecule has 0 aromatic heterocycles. The molecule has 2 heteroatoms. The molecular weight excluding hydrogens is 93.1 g/mol. The van der Waals surface area contributed by atoms with Crippen molar-refractivity contribution in [1.29, 1.82) is 0 Å². The van der Waals surface area contributed by atoms with Crippen LogP contribution in [0.25, 0.3) is 0 Å². The minimum Gasteiger partial charge on any atom is -0.156 e. The molecule has 2 unspecified atom stereocenters. The summed E-state index contributed by atoms with van der Waals surface area (Å²) < 4.78 is 11.3. The molecule has 0 aliphatic heterocycles. The molecule has 0 saturated heterocycles. The highest BCUT2D eigenvalue weighted by molar-refractivity contribution is 5.01. The topological polar surface area (TPSA) is 12.0 Å². The van der Waals surface area contributed by atoms with E-state index < -0.39 is 0 Å². The van der Waals surface area contributed by atoms with Gasteiger partial charge in [-0.15, -0.1) is 11.1 Å². The van der Waals surface area contributed by atoms with Crippen LogP contribution in [-0.4, -0.2) is 6.04 Å². The van der Waals surface area contributed by atoms with E-state index in [1.165, 1.54) is 0 Å². The molecule has 0 amide bonds. The number of nitrogens with one attached hydrogen (secondary N) is 1. The molecule has 0 heterocycles. The lowest BCUT2D eigenvalue weighted by atomic mass is 10.4. The average molecular weight is 101 g/mol. The second-order valence-corrected chi connectivity index (χ2v) is 1.85. The molecule has 1 N–H and O–H groups in total. The summed E-state index contributed by atoms with van der Waals surface area (Å²) in [4.78, 5) is 0. The molecule has 7 heavy (non-hydrogen) atoms. The summed E-state index contributed by atoms with van der Waals surface area (Å²) in [6.45, 7) is 3.51. The number of hydrogen-bond donors (Lipinski definition) is 1. The summed E-state index contributed by atoms with van der Waals surface area (Å²) in [6, 6.07) is 0.0810. The quantitative estimate of drug-likeness (QED) is 0.404. The van der Waals surface area contributed by atoms with Crippen molar-refractivity contribution in [3.05, 3.63) is 12.7 Å². The third kappa shape index (κ3) is 0.800. The van der Waals surface area contributed by atoms with Gasteiger partial charge in [0.05, 0.1) is 0 Å². The zero-order chi connectivity index (χ0) is 5.28. The molecule has 0 aromatic rings. The Morgan fingerprint density at radius 3 is 2.71 bits per heavy atom. The highest BCUT2D eigenvalue weighted by atomic mass is 19.2. The summed E-state index contributed by atoms with van der Waals surface area (Å²) in [5, 5.41) is 0. The maximum Gasteiger partial charge on any atom is 0.0441 e. The van der Waals surface area contributed by atoms with E-state index in [0.29, 0.717) is 5.92 Å². The third-order valence-electron chi connectivity index (χ3n) is 1.28. The van der Waals surface area contributed by atoms with Crippen LogP contribution in [0, 0.1) is 5.92 Å². The highest BCUT2D eigenvalue weighted by Gasteiger charge is 2.34. The molecule has 1 aliphatic rings. The molecule has 1 fully saturated rings. The molecule has 2 atom stereocenters. The second kappa shape index (κ2) is 1.62. The second-order valence-electron chi connectivity index (χ2n) is 1.85. The SMILES string of the molecule is C=CC1CC1NF. The largest absolute Gasteiger partial charge is 0.156 e. The smallest absolute Gasteiger partial charge is 0.0441 e. The minimum atomic E-state index is 0.0810. The molecule has 40 valence electrons. The predicted octanol–water partition coefficient (Wildman–Crippen LogP) is 1.03. The van der Waals surface area contributed by atoms with Crippen LogP contribution in [0.5, 0.6) is 0 Å². The summed E-state index contributed by atoms with van der Waals surface area (Å²) in [5.41, 5.74) is 1.67. The number of rotatable bonds is 2. The third-order valence-corrected chi connectivity index (χ3v) is 1.28. The van der Waals surface area contributed by atoms with Gasteiger partial charge < -0.3 is 0 Å². The molecule has 1 saturated carbocycles. The minimum absolute atomic E-state index is 0.0810. The van der Waals surface area contributed by atoms with Gasteiger partial charge in [0.1, 0.15) is 0 Å². The van der Waals surface area contributed by atoms with Gasteiger partial charge in [-0.05, 0) is 12.3 Å². The van der Waals surface area contributed by atoms with Crippen molar-refractivity contribution < 1.29 is 4.48 Å². The van der Waals surface area contributed by atoms with Gasteiger partial charge in [-0.25, -0.2) is 0 Å². The molecular formula is C5H8FN. The predicted molar refractivity (Wildman–Crippen MR) is 26.3 cm³/mol. The molecule has 1 rings (SSSR count). The summed E-state index contributed by atoms with van der Waals surface area (Å²) in [7, 11) is 0. The first-order chi connectivity index (χ1) is 3.38. The van der Waals surface area contributed by atoms with Crippen LogP contribution in [-0.2, 0) is 0 Å². The maximum absolute atomic E-state index is 11.3. The summed E-state index contributed by atoms with van der Waals surface area (Å²) in [6.07, 6.45) is 2.69. The van der Waals surface area contributed by atoms with E-state index in [1.54, 1.807) is 11.6 Å². The summed E-state index contributed by atoms with van der Waals surface area (Å²) in [5.74, 6) is 0.394. The Hall–Kier alpha value is -0.370. The van der Waals surface area contributed by atoms with Crippen LogP contribution in [0.15, 0.2) is 12.7 Å². The van der Waals surface area contributed by atoms with Crippen molar-refractivity contribution in [2.45, 2.75) is 12.5 Å². The molecule has 0 radical (unpaired) electrons. The average Bonchev–Trinajstić information content (AvgIpc) is 2.43. The monoisotopic (exact) mass is 101 g/mol. The zero-order valence-corrected chi connectivity index (χ0v) is 4.02. The van der Waals surface area contributed by atoms with Crippen molar-refractivity contribution >= 4 is 0 Å². The highest BCUT2D eigenvalue weighted by Crippen LogP contribution is 2.30. The first-order valence-corrected chi connectivity index (χ1v) is 2.37. The van der Waals surface area contributed by atoms with Crippen molar-refractivity contribution in [3.63, 3.8) is 0 Å². The van der Waals surface area contributed by atoms with E-state index in [1.807, 2.05) is 0 Å². The molecule has 1 aliphatic carbocycles. The zero-order valence-electron chi connectivity index (χ0n) is 4.02. The van der Waals surface area contributed by atoms with Crippen LogP contribution in [0.1, 0.15) is 6.42 Å². The van der Waals surface area contributed by atoms with E-state index in [2.05, 4.69) is 6.58 Å². The fourth-order valence-corrected chi connectivity index (χ4v) is 0.601. The Kier molecular flexibility index (Phi) is 1.11. The molecule has 0 spiro atoms. The first-order valence-electron chi connectivity index (χ1n) is 2.37. The van der Waals surface area contributed by atoms with Gasteiger partial charge in [0.2, 0.25) is 0 Å². The van der Waals surface area contributed by atoms with E-state index in [4.69, 9.17) is 0 Å². The Morgan fingerprint density at radius 1 is 1.86 bits per heavy atom. The van der Waals surface area contributed by atoms with Gasteiger partial charge in [0, 0.05) is 6.04 Å². The number of halogens is 1. The normalized spacial score (nSPS) is 37.9. The Bertz CT molecular complexity index is 82.1. The van der Waals surface area contributed by atoms with Gasteiger partial charge >= 0.3 is 0 Å². The van der Waals surface area contributed by atoms with Crippen LogP contribution in [0.2, 0.25) is 0 Å². The maximum atomic E-state index is 11.3. The lowest BCUT2D eigenvalue weighted by Gasteiger charge is -1.81. The van der Waals surface area contributed by atoms with E-state index >= 15 is 0 Å². The van der Waals surface area contributed by atoms with Crippen LogP contribution in [0.3, 0.4) is 0 Å². The Labute approximate surface area is 42.2 Å². The standard InChI is InChI=1S/C5H8FN/c1-2-4-3-5(4)7-6/h2,4-5,7H,1,3H2. The van der Waals surface area contributed by atoms with Crippen LogP contribution < -0.4 is 5.54 Å². The van der Waals surface area contributed by atoms with Crippen molar-refractivity contribution in [2.75, 3.05) is 0 Å². The van der Waals surface area contributed by atoms with Gasteiger partial charge in [0.25, 0.3) is 0 Å². The van der Waals surface area contributed by atoms with E-state index in [-0.39, 0.29) is 6.04 Å². The lowest BCUT2D eigenvalue weighted by molar-refractivity contribution is 0.323. The van der Waals surface area contributed by atoms with E-state index in [0.717, 1.165) is 6.42 Å². The van der Waals surface area contributed by atoms with Crippen LogP contribution >= 0.6 is 0 Å². The van der Waals surface area contributed by atoms with Crippen molar-refractivity contribution in [2.24, 2.45) is 5.92 Å². The van der Waals surface area contributed by atoms with Gasteiger partial charge in [0.15, 0.2) is 0 Å². The molecule has 0 bridgehead atoms. The van der Waals surface area contributed by atoms with Gasteiger partial charge in [-0.3, -0.25) is 0 Å². The van der Waals surface area contributed by atoms with Gasteiger partial charge in [-0.1, -0.05) is 6.08 Å². The fourth-order valence-electron chi connectivity index (χ4n) is 0.601. The van der Waals surface area contributed by atoms with Gasteiger partial charge in [-0.2, -0.15) is 5.54 Å². The molecule has 0 aromatic carbocycles. The lowest BCUT2D eigenvalue weighted by Crippen LogP contribution is -2.03. The molecule has 1 nitrogen and oxygen atoms in total. The van der Waals surface area contributed by atoms with Crippen molar-refractivity contribution in [1.82, 2.24) is 5.54 Å². The number of hydrogen-bond acceptors (Lipinski definition) is 1. The Balaban J connectivity index is 2.17. The summed E-state index contributed by atoms with van der Waals surface area (Å²) >= 11 is 0. The van der Waals surface area contributed by atoms with Crippen LogP contribution in [0.4, 0.5) is 4.48 Å². The Morgan fingerprint density at radius 2 is 2.57 bits per heavy atom. The first kappa shape index (κ1) is 4.78. The fraction of sp³-hybridized carbons (Fsp3) is 0.600.